The first-order valence-corrected chi connectivity index (χ1v) is 6.83. The zero-order valence-corrected chi connectivity index (χ0v) is 11.2. The summed E-state index contributed by atoms with van der Waals surface area (Å²) in [5, 5.41) is 5.93. The van der Waals surface area contributed by atoms with Crippen molar-refractivity contribution in [1.82, 2.24) is 5.32 Å². The molecular formula is C14H18N2O4. The molecule has 3 rings (SSSR count). The van der Waals surface area contributed by atoms with Gasteiger partial charge in [-0.3, -0.25) is 4.79 Å². The van der Waals surface area contributed by atoms with Gasteiger partial charge in [-0.1, -0.05) is 0 Å². The van der Waals surface area contributed by atoms with Crippen LogP contribution in [0.5, 0.6) is 11.5 Å². The minimum absolute atomic E-state index is 0.0816. The molecule has 0 saturated carbocycles. The van der Waals surface area contributed by atoms with Gasteiger partial charge < -0.3 is 24.8 Å². The maximum Gasteiger partial charge on any atom is 0.238 e. The highest BCUT2D eigenvalue weighted by Gasteiger charge is 2.16. The van der Waals surface area contributed by atoms with Gasteiger partial charge in [-0.25, -0.2) is 0 Å². The van der Waals surface area contributed by atoms with Crippen LogP contribution in [-0.2, 0) is 9.53 Å². The van der Waals surface area contributed by atoms with E-state index in [9.17, 15) is 4.79 Å². The SMILES string of the molecule is O=C(CNCC1CCCO1)Nc1ccc2c(c1)OCO2. The molecule has 0 aromatic heterocycles. The molecule has 0 radical (unpaired) electrons. The van der Waals surface area contributed by atoms with Gasteiger partial charge in [0.15, 0.2) is 11.5 Å². The Morgan fingerprint density at radius 2 is 2.20 bits per heavy atom. The second kappa shape index (κ2) is 6.11. The molecule has 0 aliphatic carbocycles. The summed E-state index contributed by atoms with van der Waals surface area (Å²) in [6.07, 6.45) is 2.42. The molecule has 2 aliphatic rings. The van der Waals surface area contributed by atoms with Crippen LogP contribution in [0.3, 0.4) is 0 Å². The zero-order chi connectivity index (χ0) is 13.8. The second-order valence-electron chi connectivity index (χ2n) is 4.88. The topological polar surface area (TPSA) is 68.8 Å². The predicted molar refractivity (Wildman–Crippen MR) is 73.0 cm³/mol. The van der Waals surface area contributed by atoms with Gasteiger partial charge in [0.1, 0.15) is 0 Å². The predicted octanol–water partition coefficient (Wildman–Crippen LogP) is 1.12. The fourth-order valence-corrected chi connectivity index (χ4v) is 2.33. The molecule has 2 heterocycles. The molecule has 6 nitrogen and oxygen atoms in total. The molecule has 6 heteroatoms. The number of nitrogens with one attached hydrogen (secondary N) is 2. The van der Waals surface area contributed by atoms with Crippen molar-refractivity contribution in [3.63, 3.8) is 0 Å². The minimum Gasteiger partial charge on any atom is -0.454 e. The number of hydrogen-bond acceptors (Lipinski definition) is 5. The molecule has 2 N–H and O–H groups in total. The first-order chi connectivity index (χ1) is 9.81. The van der Waals surface area contributed by atoms with Gasteiger partial charge in [-0.05, 0) is 25.0 Å². The molecular weight excluding hydrogens is 260 g/mol. The summed E-state index contributed by atoms with van der Waals surface area (Å²) in [4.78, 5) is 11.8. The molecule has 1 fully saturated rings. The molecule has 1 atom stereocenters. The van der Waals surface area contributed by atoms with E-state index in [1.807, 2.05) is 0 Å². The highest BCUT2D eigenvalue weighted by molar-refractivity contribution is 5.92. The van der Waals surface area contributed by atoms with Crippen LogP contribution in [0, 0.1) is 0 Å². The smallest absolute Gasteiger partial charge is 0.238 e. The monoisotopic (exact) mass is 278 g/mol. The van der Waals surface area contributed by atoms with E-state index in [-0.39, 0.29) is 25.3 Å². The van der Waals surface area contributed by atoms with Crippen molar-refractivity contribution < 1.29 is 19.0 Å². The van der Waals surface area contributed by atoms with Crippen LogP contribution in [0.15, 0.2) is 18.2 Å². The van der Waals surface area contributed by atoms with E-state index in [0.717, 1.165) is 19.4 Å². The number of carbonyl (C=O) groups is 1. The van der Waals surface area contributed by atoms with Crippen molar-refractivity contribution in [1.29, 1.82) is 0 Å². The number of ether oxygens (including phenoxy) is 3. The Morgan fingerprint density at radius 1 is 1.30 bits per heavy atom. The van der Waals surface area contributed by atoms with Crippen LogP contribution in [0.25, 0.3) is 0 Å². The van der Waals surface area contributed by atoms with E-state index >= 15 is 0 Å². The number of benzene rings is 1. The summed E-state index contributed by atoms with van der Waals surface area (Å²) >= 11 is 0. The summed E-state index contributed by atoms with van der Waals surface area (Å²) in [6, 6.07) is 5.35. The van der Waals surface area contributed by atoms with Crippen LogP contribution in [0.1, 0.15) is 12.8 Å². The van der Waals surface area contributed by atoms with Crippen LogP contribution >= 0.6 is 0 Å². The third kappa shape index (κ3) is 3.20. The Balaban J connectivity index is 1.44. The van der Waals surface area contributed by atoms with E-state index < -0.39 is 0 Å². The van der Waals surface area contributed by atoms with Gasteiger partial charge in [0.05, 0.1) is 12.6 Å². The molecule has 20 heavy (non-hydrogen) atoms. The Bertz CT molecular complexity index is 486. The molecule has 1 saturated heterocycles. The van der Waals surface area contributed by atoms with Gasteiger partial charge in [0.25, 0.3) is 0 Å². The lowest BCUT2D eigenvalue weighted by molar-refractivity contribution is -0.115. The normalized spacial score (nSPS) is 20.1. The number of carbonyl (C=O) groups excluding carboxylic acids is 1. The van der Waals surface area contributed by atoms with Crippen LogP contribution < -0.4 is 20.1 Å². The van der Waals surface area contributed by atoms with Crippen LogP contribution in [0.2, 0.25) is 0 Å². The standard InChI is InChI=1S/C14H18N2O4/c17-14(8-15-7-11-2-1-5-18-11)16-10-3-4-12-13(6-10)20-9-19-12/h3-4,6,11,15H,1-2,5,7-9H2,(H,16,17). The zero-order valence-electron chi connectivity index (χ0n) is 11.2. The van der Waals surface area contributed by atoms with Crippen molar-refractivity contribution in [2.24, 2.45) is 0 Å². The summed E-state index contributed by atoms with van der Waals surface area (Å²) < 4.78 is 16.0. The highest BCUT2D eigenvalue weighted by Crippen LogP contribution is 2.34. The molecule has 0 spiro atoms. The Labute approximate surface area is 117 Å². The number of anilines is 1. The molecule has 1 unspecified atom stereocenters. The number of amides is 1. The van der Waals surface area contributed by atoms with Gasteiger partial charge in [0, 0.05) is 24.9 Å². The van der Waals surface area contributed by atoms with Crippen LogP contribution in [-0.4, -0.2) is 38.5 Å². The van der Waals surface area contributed by atoms with E-state index in [2.05, 4.69) is 10.6 Å². The quantitative estimate of drug-likeness (QED) is 0.845. The number of rotatable bonds is 5. The lowest BCUT2D eigenvalue weighted by Crippen LogP contribution is -2.33. The van der Waals surface area contributed by atoms with E-state index in [1.54, 1.807) is 18.2 Å². The van der Waals surface area contributed by atoms with Crippen molar-refractivity contribution in [3.05, 3.63) is 18.2 Å². The third-order valence-electron chi connectivity index (χ3n) is 3.34. The summed E-state index contributed by atoms with van der Waals surface area (Å²) in [7, 11) is 0. The lowest BCUT2D eigenvalue weighted by Gasteiger charge is -2.11. The molecule has 0 bridgehead atoms. The van der Waals surface area contributed by atoms with Crippen molar-refractivity contribution in [2.45, 2.75) is 18.9 Å². The van der Waals surface area contributed by atoms with E-state index in [1.165, 1.54) is 0 Å². The average molecular weight is 278 g/mol. The first-order valence-electron chi connectivity index (χ1n) is 6.83. The molecule has 1 aromatic carbocycles. The lowest BCUT2D eigenvalue weighted by atomic mass is 10.2. The summed E-state index contributed by atoms with van der Waals surface area (Å²) in [6.45, 7) is 2.05. The van der Waals surface area contributed by atoms with Crippen molar-refractivity contribution in [3.8, 4) is 11.5 Å². The molecule has 1 aromatic rings. The van der Waals surface area contributed by atoms with Gasteiger partial charge >= 0.3 is 0 Å². The fourth-order valence-electron chi connectivity index (χ4n) is 2.33. The molecule has 108 valence electrons. The fraction of sp³-hybridized carbons (Fsp3) is 0.500. The summed E-state index contributed by atoms with van der Waals surface area (Å²) in [5.41, 5.74) is 0.707. The molecule has 2 aliphatic heterocycles. The largest absolute Gasteiger partial charge is 0.454 e. The number of fused-ring (bicyclic) bond motifs is 1. The van der Waals surface area contributed by atoms with Gasteiger partial charge in [-0.2, -0.15) is 0 Å². The van der Waals surface area contributed by atoms with Crippen LogP contribution in [0.4, 0.5) is 5.69 Å². The Kier molecular flexibility index (Phi) is 4.03. The minimum atomic E-state index is -0.0816. The van der Waals surface area contributed by atoms with Crippen molar-refractivity contribution in [2.75, 3.05) is 31.8 Å². The van der Waals surface area contributed by atoms with E-state index in [0.29, 0.717) is 23.7 Å². The average Bonchev–Trinajstić information content (AvgIpc) is 3.08. The second-order valence-corrected chi connectivity index (χ2v) is 4.88. The van der Waals surface area contributed by atoms with E-state index in [4.69, 9.17) is 14.2 Å². The highest BCUT2D eigenvalue weighted by atomic mass is 16.7. The maximum absolute atomic E-state index is 11.8. The first kappa shape index (κ1) is 13.2. The maximum atomic E-state index is 11.8. The number of hydrogen-bond donors (Lipinski definition) is 2. The van der Waals surface area contributed by atoms with Crippen molar-refractivity contribution >= 4 is 11.6 Å². The van der Waals surface area contributed by atoms with Gasteiger partial charge in [0.2, 0.25) is 12.7 Å². The van der Waals surface area contributed by atoms with Gasteiger partial charge in [-0.15, -0.1) is 0 Å². The third-order valence-corrected chi connectivity index (χ3v) is 3.34. The summed E-state index contributed by atoms with van der Waals surface area (Å²) in [5.74, 6) is 1.29. The Hall–Kier alpha value is -1.79. The molecule has 1 amide bonds. The Morgan fingerprint density at radius 3 is 3.05 bits per heavy atom.